The van der Waals surface area contributed by atoms with Gasteiger partial charge in [-0.05, 0) is 26.7 Å². The fraction of sp³-hybridized carbons (Fsp3) is 0.786. The lowest BCUT2D eigenvalue weighted by molar-refractivity contribution is -0.146. The molecule has 4 heteroatoms. The van der Waals surface area contributed by atoms with Crippen LogP contribution in [0.1, 0.15) is 33.1 Å². The summed E-state index contributed by atoms with van der Waals surface area (Å²) in [6.07, 6.45) is 4.50. The van der Waals surface area contributed by atoms with Crippen molar-refractivity contribution < 1.29 is 14.3 Å². The molecule has 0 aromatic heterocycles. The Morgan fingerprint density at radius 2 is 2.17 bits per heavy atom. The van der Waals surface area contributed by atoms with Crippen molar-refractivity contribution in [2.24, 2.45) is 5.92 Å². The Morgan fingerprint density at radius 1 is 1.50 bits per heavy atom. The van der Waals surface area contributed by atoms with Gasteiger partial charge < -0.3 is 14.4 Å². The highest BCUT2D eigenvalue weighted by atomic mass is 16.7. The van der Waals surface area contributed by atoms with Crippen LogP contribution >= 0.6 is 0 Å². The van der Waals surface area contributed by atoms with Crippen molar-refractivity contribution in [3.05, 3.63) is 12.7 Å². The number of nitrogens with zero attached hydrogens (tertiary/aromatic N) is 1. The second kappa shape index (κ2) is 5.41. The van der Waals surface area contributed by atoms with Crippen molar-refractivity contribution in [1.29, 1.82) is 0 Å². The molecule has 2 aliphatic heterocycles. The van der Waals surface area contributed by atoms with Crippen LogP contribution in [-0.4, -0.2) is 42.4 Å². The number of likely N-dealkylation sites (tertiary alicyclic amines) is 1. The normalized spacial score (nSPS) is 28.3. The van der Waals surface area contributed by atoms with E-state index in [1.165, 1.54) is 0 Å². The van der Waals surface area contributed by atoms with E-state index in [0.717, 1.165) is 25.9 Å². The van der Waals surface area contributed by atoms with E-state index in [-0.39, 0.29) is 17.9 Å². The zero-order valence-corrected chi connectivity index (χ0v) is 11.4. The van der Waals surface area contributed by atoms with E-state index in [9.17, 15) is 4.79 Å². The van der Waals surface area contributed by atoms with E-state index in [0.29, 0.717) is 13.0 Å². The topological polar surface area (TPSA) is 38.8 Å². The lowest BCUT2D eigenvalue weighted by Gasteiger charge is -2.23. The lowest BCUT2D eigenvalue weighted by atomic mass is 9.98. The van der Waals surface area contributed by atoms with Crippen LogP contribution in [0.25, 0.3) is 0 Å². The van der Waals surface area contributed by atoms with Gasteiger partial charge in [0.25, 0.3) is 0 Å². The number of hydrogen-bond acceptors (Lipinski definition) is 3. The Bertz CT molecular complexity index is 321. The Hall–Kier alpha value is -0.870. The Kier molecular flexibility index (Phi) is 4.07. The fourth-order valence-corrected chi connectivity index (χ4v) is 2.59. The number of amides is 1. The first-order valence-electron chi connectivity index (χ1n) is 6.74. The molecule has 0 aliphatic carbocycles. The Balaban J connectivity index is 1.89. The van der Waals surface area contributed by atoms with E-state index in [4.69, 9.17) is 9.47 Å². The maximum atomic E-state index is 12.1. The van der Waals surface area contributed by atoms with E-state index in [2.05, 4.69) is 6.58 Å². The summed E-state index contributed by atoms with van der Waals surface area (Å²) >= 11 is 0. The molecular formula is C14H23NO3. The molecule has 0 saturated carbocycles. The molecule has 0 unspecified atom stereocenters. The zero-order chi connectivity index (χ0) is 13.2. The highest BCUT2D eigenvalue weighted by Gasteiger charge is 2.37. The third kappa shape index (κ3) is 3.12. The van der Waals surface area contributed by atoms with Crippen LogP contribution in [0.4, 0.5) is 0 Å². The molecule has 2 saturated heterocycles. The molecule has 2 atom stereocenters. The van der Waals surface area contributed by atoms with Crippen LogP contribution in [0.5, 0.6) is 0 Å². The molecule has 1 amide bonds. The number of carbonyl (C=O) groups is 1. The molecule has 0 N–H and O–H groups in total. The van der Waals surface area contributed by atoms with Gasteiger partial charge in [0.1, 0.15) is 0 Å². The quantitative estimate of drug-likeness (QED) is 0.719. The molecule has 2 fully saturated rings. The maximum absolute atomic E-state index is 12.1. The summed E-state index contributed by atoms with van der Waals surface area (Å²) in [7, 11) is 0. The third-order valence-corrected chi connectivity index (χ3v) is 3.68. The summed E-state index contributed by atoms with van der Waals surface area (Å²) in [6.45, 7) is 9.96. The van der Waals surface area contributed by atoms with E-state index in [1.807, 2.05) is 24.8 Å². The van der Waals surface area contributed by atoms with Crippen LogP contribution in [0.15, 0.2) is 12.7 Å². The van der Waals surface area contributed by atoms with Gasteiger partial charge in [-0.1, -0.05) is 6.08 Å². The third-order valence-electron chi connectivity index (χ3n) is 3.68. The average Bonchev–Trinajstić information content (AvgIpc) is 2.94. The van der Waals surface area contributed by atoms with Crippen molar-refractivity contribution >= 4 is 5.91 Å². The standard InChI is InChI=1S/C14H23NO3/c1-4-11(12-10-17-14(2,3)18-12)9-13(16)15-7-5-6-8-15/h4,11-12H,1,5-10H2,2-3H3/t11-,12-/m1/s1. The van der Waals surface area contributed by atoms with Crippen LogP contribution < -0.4 is 0 Å². The second-order valence-electron chi connectivity index (χ2n) is 5.56. The van der Waals surface area contributed by atoms with Gasteiger partial charge in [-0.25, -0.2) is 0 Å². The first-order valence-corrected chi connectivity index (χ1v) is 6.74. The van der Waals surface area contributed by atoms with Gasteiger partial charge in [0, 0.05) is 25.4 Å². The monoisotopic (exact) mass is 253 g/mol. The molecule has 2 rings (SSSR count). The Morgan fingerprint density at radius 3 is 2.67 bits per heavy atom. The van der Waals surface area contributed by atoms with E-state index < -0.39 is 5.79 Å². The second-order valence-corrected chi connectivity index (χ2v) is 5.56. The minimum atomic E-state index is -0.539. The van der Waals surface area contributed by atoms with Crippen LogP contribution in [0.2, 0.25) is 0 Å². The molecule has 4 nitrogen and oxygen atoms in total. The summed E-state index contributed by atoms with van der Waals surface area (Å²) in [5.41, 5.74) is 0. The molecule has 0 bridgehead atoms. The lowest BCUT2D eigenvalue weighted by Crippen LogP contribution is -2.33. The minimum absolute atomic E-state index is 0.0416. The number of rotatable bonds is 4. The summed E-state index contributed by atoms with van der Waals surface area (Å²) in [5, 5.41) is 0. The number of ether oxygens (including phenoxy) is 2. The highest BCUT2D eigenvalue weighted by Crippen LogP contribution is 2.29. The first kappa shape index (κ1) is 13.6. The van der Waals surface area contributed by atoms with Gasteiger partial charge >= 0.3 is 0 Å². The predicted octanol–water partition coefficient (Wildman–Crippen LogP) is 1.95. The van der Waals surface area contributed by atoms with E-state index >= 15 is 0 Å². The molecule has 18 heavy (non-hydrogen) atoms. The van der Waals surface area contributed by atoms with Crippen LogP contribution in [0, 0.1) is 5.92 Å². The predicted molar refractivity (Wildman–Crippen MR) is 69.0 cm³/mol. The first-order chi connectivity index (χ1) is 8.52. The number of hydrogen-bond donors (Lipinski definition) is 0. The highest BCUT2D eigenvalue weighted by molar-refractivity contribution is 5.77. The Labute approximate surface area is 109 Å². The van der Waals surface area contributed by atoms with Gasteiger partial charge in [0.2, 0.25) is 5.91 Å². The van der Waals surface area contributed by atoms with Gasteiger partial charge in [-0.3, -0.25) is 4.79 Å². The molecule has 0 radical (unpaired) electrons. The summed E-state index contributed by atoms with van der Waals surface area (Å²) in [5.74, 6) is -0.284. The summed E-state index contributed by atoms with van der Waals surface area (Å²) in [6, 6.07) is 0. The van der Waals surface area contributed by atoms with Gasteiger partial charge in [-0.15, -0.1) is 6.58 Å². The smallest absolute Gasteiger partial charge is 0.223 e. The average molecular weight is 253 g/mol. The molecule has 2 heterocycles. The van der Waals surface area contributed by atoms with Crippen molar-refractivity contribution in [3.8, 4) is 0 Å². The minimum Gasteiger partial charge on any atom is -0.348 e. The molecular weight excluding hydrogens is 230 g/mol. The van der Waals surface area contributed by atoms with Crippen molar-refractivity contribution in [2.75, 3.05) is 19.7 Å². The molecule has 102 valence electrons. The number of carbonyl (C=O) groups excluding carboxylic acids is 1. The molecule has 0 spiro atoms. The largest absolute Gasteiger partial charge is 0.348 e. The SMILES string of the molecule is C=C[C@H](CC(=O)N1CCCC1)[C@H]1COC(C)(C)O1. The zero-order valence-electron chi connectivity index (χ0n) is 11.4. The maximum Gasteiger partial charge on any atom is 0.223 e. The van der Waals surface area contributed by atoms with Gasteiger partial charge in [0.05, 0.1) is 12.7 Å². The van der Waals surface area contributed by atoms with Crippen LogP contribution in [-0.2, 0) is 14.3 Å². The van der Waals surface area contributed by atoms with Crippen molar-refractivity contribution in [1.82, 2.24) is 4.90 Å². The molecule has 0 aromatic rings. The van der Waals surface area contributed by atoms with Gasteiger partial charge in [0.15, 0.2) is 5.79 Å². The van der Waals surface area contributed by atoms with E-state index in [1.54, 1.807) is 0 Å². The van der Waals surface area contributed by atoms with Crippen molar-refractivity contribution in [3.63, 3.8) is 0 Å². The fourth-order valence-electron chi connectivity index (χ4n) is 2.59. The van der Waals surface area contributed by atoms with Crippen LogP contribution in [0.3, 0.4) is 0 Å². The molecule has 2 aliphatic rings. The molecule has 0 aromatic carbocycles. The van der Waals surface area contributed by atoms with Crippen molar-refractivity contribution in [2.45, 2.75) is 45.0 Å². The summed E-state index contributed by atoms with van der Waals surface area (Å²) in [4.78, 5) is 14.1. The van der Waals surface area contributed by atoms with Gasteiger partial charge in [-0.2, -0.15) is 0 Å². The summed E-state index contributed by atoms with van der Waals surface area (Å²) < 4.78 is 11.3.